The molecule has 0 aliphatic carbocycles. The van der Waals surface area contributed by atoms with E-state index >= 15 is 0 Å². The van der Waals surface area contributed by atoms with Crippen molar-refractivity contribution in [2.45, 2.75) is 6.42 Å². The fraction of sp³-hybridized carbons (Fsp3) is 0.125. The Morgan fingerprint density at radius 2 is 1.85 bits per heavy atom. The van der Waals surface area contributed by atoms with E-state index in [0.29, 0.717) is 6.54 Å². The van der Waals surface area contributed by atoms with Crippen LogP contribution < -0.4 is 11.0 Å². The number of hydrogen-bond acceptors (Lipinski definition) is 3. The summed E-state index contributed by atoms with van der Waals surface area (Å²) in [4.78, 5) is 16.2. The van der Waals surface area contributed by atoms with E-state index in [-0.39, 0.29) is 5.56 Å². The number of hydrogen-bond donors (Lipinski definition) is 1. The Labute approximate surface area is 116 Å². The summed E-state index contributed by atoms with van der Waals surface area (Å²) in [6.07, 6.45) is 2.55. The maximum Gasteiger partial charge on any atom is 0.269 e. The number of nitrogens with one attached hydrogen (secondary N) is 1. The number of benzene rings is 1. The van der Waals surface area contributed by atoms with E-state index in [1.165, 1.54) is 0 Å². The van der Waals surface area contributed by atoms with Gasteiger partial charge >= 0.3 is 0 Å². The van der Waals surface area contributed by atoms with E-state index in [1.54, 1.807) is 16.9 Å². The SMILES string of the molecule is O=c1ccc2ccccc2n1NCCc1ccccn1. The number of nitrogens with zero attached hydrogens (tertiary/aromatic N) is 2. The normalized spacial score (nSPS) is 10.6. The number of pyridine rings is 2. The second-order valence-corrected chi connectivity index (χ2v) is 4.54. The van der Waals surface area contributed by atoms with Crippen molar-refractivity contribution in [2.24, 2.45) is 0 Å². The summed E-state index contributed by atoms with van der Waals surface area (Å²) < 4.78 is 1.60. The van der Waals surface area contributed by atoms with E-state index in [4.69, 9.17) is 0 Å². The lowest BCUT2D eigenvalue weighted by Crippen LogP contribution is -2.29. The highest BCUT2D eigenvalue weighted by molar-refractivity contribution is 5.78. The average Bonchev–Trinajstić information content (AvgIpc) is 2.50. The zero-order chi connectivity index (χ0) is 13.8. The molecule has 0 bridgehead atoms. The lowest BCUT2D eigenvalue weighted by Gasteiger charge is -2.12. The molecule has 4 heteroatoms. The first-order valence-corrected chi connectivity index (χ1v) is 6.59. The zero-order valence-electron chi connectivity index (χ0n) is 11.0. The summed E-state index contributed by atoms with van der Waals surface area (Å²) >= 11 is 0. The quantitative estimate of drug-likeness (QED) is 0.786. The topological polar surface area (TPSA) is 46.9 Å². The molecule has 0 radical (unpaired) electrons. The largest absolute Gasteiger partial charge is 0.322 e. The highest BCUT2D eigenvalue weighted by Crippen LogP contribution is 2.09. The molecule has 0 fully saturated rings. The van der Waals surface area contributed by atoms with Crippen LogP contribution in [0.1, 0.15) is 5.69 Å². The van der Waals surface area contributed by atoms with Crippen molar-refractivity contribution < 1.29 is 0 Å². The Morgan fingerprint density at radius 3 is 2.70 bits per heavy atom. The molecule has 0 amide bonds. The molecule has 3 rings (SSSR count). The predicted molar refractivity (Wildman–Crippen MR) is 80.4 cm³/mol. The smallest absolute Gasteiger partial charge is 0.269 e. The Bertz CT molecular complexity index is 765. The van der Waals surface area contributed by atoms with Crippen LogP contribution in [0.3, 0.4) is 0 Å². The molecule has 0 unspecified atom stereocenters. The van der Waals surface area contributed by atoms with Crippen molar-refractivity contribution in [1.29, 1.82) is 0 Å². The molecule has 0 spiro atoms. The average molecular weight is 265 g/mol. The summed E-state index contributed by atoms with van der Waals surface area (Å²) in [6, 6.07) is 17.1. The third-order valence-corrected chi connectivity index (χ3v) is 3.18. The number of para-hydroxylation sites is 1. The van der Waals surface area contributed by atoms with E-state index in [0.717, 1.165) is 23.0 Å². The Kier molecular flexibility index (Phi) is 3.46. The van der Waals surface area contributed by atoms with Gasteiger partial charge in [-0.3, -0.25) is 9.78 Å². The van der Waals surface area contributed by atoms with Gasteiger partial charge in [-0.15, -0.1) is 0 Å². The van der Waals surface area contributed by atoms with Gasteiger partial charge in [-0.2, -0.15) is 0 Å². The minimum atomic E-state index is -0.0512. The molecule has 100 valence electrons. The highest BCUT2D eigenvalue weighted by atomic mass is 16.1. The van der Waals surface area contributed by atoms with E-state index in [2.05, 4.69) is 10.4 Å². The standard InChI is InChI=1S/C16H15N3O/c20-16-9-8-13-5-1-2-7-15(13)19(16)18-12-10-14-6-3-4-11-17-14/h1-9,11,18H,10,12H2. The van der Waals surface area contributed by atoms with E-state index in [1.807, 2.05) is 48.5 Å². The molecule has 0 aliphatic heterocycles. The van der Waals surface area contributed by atoms with Crippen molar-refractivity contribution in [2.75, 3.05) is 12.0 Å². The highest BCUT2D eigenvalue weighted by Gasteiger charge is 2.01. The van der Waals surface area contributed by atoms with Gasteiger partial charge < -0.3 is 5.43 Å². The predicted octanol–water partition coefficient (Wildman–Crippen LogP) is 2.18. The summed E-state index contributed by atoms with van der Waals surface area (Å²) in [7, 11) is 0. The molecule has 4 nitrogen and oxygen atoms in total. The van der Waals surface area contributed by atoms with Gasteiger partial charge in [-0.25, -0.2) is 4.68 Å². The van der Waals surface area contributed by atoms with Crippen LogP contribution >= 0.6 is 0 Å². The van der Waals surface area contributed by atoms with Gasteiger partial charge in [0, 0.05) is 36.3 Å². The summed E-state index contributed by atoms with van der Waals surface area (Å²) in [5.74, 6) is 0. The van der Waals surface area contributed by atoms with Crippen LogP contribution in [0.5, 0.6) is 0 Å². The molecule has 0 saturated carbocycles. The zero-order valence-corrected chi connectivity index (χ0v) is 11.0. The molecule has 0 atom stereocenters. The molecule has 20 heavy (non-hydrogen) atoms. The van der Waals surface area contributed by atoms with E-state index in [9.17, 15) is 4.79 Å². The maximum absolute atomic E-state index is 12.0. The Hall–Kier alpha value is -2.62. The number of aromatic nitrogens is 2. The van der Waals surface area contributed by atoms with Crippen LogP contribution in [-0.4, -0.2) is 16.2 Å². The Balaban J connectivity index is 1.81. The van der Waals surface area contributed by atoms with Crippen molar-refractivity contribution in [1.82, 2.24) is 9.66 Å². The van der Waals surface area contributed by atoms with Gasteiger partial charge in [-0.1, -0.05) is 24.3 Å². The summed E-state index contributed by atoms with van der Waals surface area (Å²) in [5.41, 5.74) is 5.01. The van der Waals surface area contributed by atoms with Gasteiger partial charge in [0.2, 0.25) is 0 Å². The number of rotatable bonds is 4. The molecule has 1 aromatic carbocycles. The first-order chi connectivity index (χ1) is 9.84. The van der Waals surface area contributed by atoms with Gasteiger partial charge in [-0.05, 0) is 24.3 Å². The van der Waals surface area contributed by atoms with Gasteiger partial charge in [0.25, 0.3) is 5.56 Å². The molecule has 0 aliphatic rings. The second-order valence-electron chi connectivity index (χ2n) is 4.54. The first-order valence-electron chi connectivity index (χ1n) is 6.59. The maximum atomic E-state index is 12.0. The monoisotopic (exact) mass is 265 g/mol. The third kappa shape index (κ3) is 2.54. The second kappa shape index (κ2) is 5.57. The van der Waals surface area contributed by atoms with Crippen LogP contribution in [0, 0.1) is 0 Å². The van der Waals surface area contributed by atoms with Crippen LogP contribution in [0.4, 0.5) is 0 Å². The van der Waals surface area contributed by atoms with Crippen molar-refractivity contribution >= 4 is 10.9 Å². The Morgan fingerprint density at radius 1 is 1.00 bits per heavy atom. The molecule has 2 aromatic heterocycles. The minimum Gasteiger partial charge on any atom is -0.322 e. The van der Waals surface area contributed by atoms with Crippen LogP contribution in [0.15, 0.2) is 65.6 Å². The molecule has 0 saturated heterocycles. The molecule has 3 aromatic rings. The van der Waals surface area contributed by atoms with Crippen molar-refractivity contribution in [3.63, 3.8) is 0 Å². The third-order valence-electron chi connectivity index (χ3n) is 3.18. The lowest BCUT2D eigenvalue weighted by atomic mass is 10.2. The van der Waals surface area contributed by atoms with Gasteiger partial charge in [0.05, 0.1) is 5.52 Å². The van der Waals surface area contributed by atoms with Crippen molar-refractivity contribution in [3.8, 4) is 0 Å². The summed E-state index contributed by atoms with van der Waals surface area (Å²) in [6.45, 7) is 0.658. The molecule has 2 heterocycles. The fourth-order valence-corrected chi connectivity index (χ4v) is 2.19. The molecule has 1 N–H and O–H groups in total. The number of fused-ring (bicyclic) bond motifs is 1. The lowest BCUT2D eigenvalue weighted by molar-refractivity contribution is 0.807. The summed E-state index contributed by atoms with van der Waals surface area (Å²) in [5, 5.41) is 1.04. The van der Waals surface area contributed by atoms with Crippen LogP contribution in [-0.2, 0) is 6.42 Å². The van der Waals surface area contributed by atoms with Crippen molar-refractivity contribution in [3.05, 3.63) is 76.8 Å². The minimum absolute atomic E-state index is 0.0512. The first kappa shape index (κ1) is 12.4. The molecular weight excluding hydrogens is 250 g/mol. The molecular formula is C16H15N3O. The van der Waals surface area contributed by atoms with Crippen LogP contribution in [0.25, 0.3) is 10.9 Å². The van der Waals surface area contributed by atoms with Gasteiger partial charge in [0.1, 0.15) is 0 Å². The van der Waals surface area contributed by atoms with Gasteiger partial charge in [0.15, 0.2) is 0 Å². The fourth-order valence-electron chi connectivity index (χ4n) is 2.19. The van der Waals surface area contributed by atoms with Crippen LogP contribution in [0.2, 0.25) is 0 Å². The van der Waals surface area contributed by atoms with E-state index < -0.39 is 0 Å².